The van der Waals surface area contributed by atoms with Gasteiger partial charge in [-0.2, -0.15) is 0 Å². The molecule has 4 rings (SSSR count). The minimum absolute atomic E-state index is 0.0582. The summed E-state index contributed by atoms with van der Waals surface area (Å²) < 4.78 is 5.89. The Kier molecular flexibility index (Phi) is 7.36. The van der Waals surface area contributed by atoms with Gasteiger partial charge in [-0.05, 0) is 60.0 Å². The lowest BCUT2D eigenvalue weighted by atomic mass is 10.1. The third-order valence-corrected chi connectivity index (χ3v) is 6.16. The van der Waals surface area contributed by atoms with Gasteiger partial charge in [0.2, 0.25) is 0 Å². The van der Waals surface area contributed by atoms with Gasteiger partial charge in [0.05, 0.1) is 5.02 Å². The summed E-state index contributed by atoms with van der Waals surface area (Å²) >= 11 is 12.3. The number of hydrogen-bond acceptors (Lipinski definition) is 3. The zero-order valence-corrected chi connectivity index (χ0v) is 19.6. The van der Waals surface area contributed by atoms with Gasteiger partial charge in [-0.1, -0.05) is 53.5 Å². The van der Waals surface area contributed by atoms with Crippen LogP contribution in [-0.4, -0.2) is 41.9 Å². The van der Waals surface area contributed by atoms with Crippen LogP contribution < -0.4 is 4.74 Å². The zero-order chi connectivity index (χ0) is 22.5. The Bertz CT molecular complexity index is 1090. The first kappa shape index (κ1) is 22.7. The first-order valence-corrected chi connectivity index (χ1v) is 11.5. The van der Waals surface area contributed by atoms with E-state index in [1.165, 1.54) is 5.56 Å². The molecule has 0 radical (unpaired) electrons. The van der Waals surface area contributed by atoms with Crippen LogP contribution >= 0.6 is 23.2 Å². The maximum Gasteiger partial charge on any atom is 0.253 e. The Labute approximate surface area is 199 Å². The molecule has 0 unspecified atom stereocenters. The van der Waals surface area contributed by atoms with Gasteiger partial charge in [-0.25, -0.2) is 0 Å². The molecule has 166 valence electrons. The van der Waals surface area contributed by atoms with E-state index in [-0.39, 0.29) is 5.91 Å². The lowest BCUT2D eigenvalue weighted by Crippen LogP contribution is -2.48. The highest BCUT2D eigenvalue weighted by Crippen LogP contribution is 2.26. The maximum absolute atomic E-state index is 13.1. The maximum atomic E-state index is 13.1. The molecule has 4 nitrogen and oxygen atoms in total. The standard InChI is InChI=1S/C26H26Cl2N2O2/c1-19-8-9-24(28)25(14-19)32-18-21-5-2-6-22(15-21)26(31)30-12-10-29(11-13-30)17-20-4-3-7-23(27)16-20/h2-9,14-16H,10-13,17-18H2,1H3. The lowest BCUT2D eigenvalue weighted by Gasteiger charge is -2.35. The highest BCUT2D eigenvalue weighted by molar-refractivity contribution is 6.32. The SMILES string of the molecule is Cc1ccc(Cl)c(OCc2cccc(C(=O)N3CCN(Cc4cccc(Cl)c4)CC3)c2)c1. The van der Waals surface area contributed by atoms with E-state index in [0.717, 1.165) is 35.8 Å². The summed E-state index contributed by atoms with van der Waals surface area (Å²) in [5.74, 6) is 0.710. The van der Waals surface area contributed by atoms with Gasteiger partial charge in [-0.3, -0.25) is 9.69 Å². The van der Waals surface area contributed by atoms with E-state index < -0.39 is 0 Å². The molecule has 0 spiro atoms. The van der Waals surface area contributed by atoms with Crippen molar-refractivity contribution in [3.8, 4) is 5.75 Å². The molecule has 0 bridgehead atoms. The minimum Gasteiger partial charge on any atom is -0.487 e. The number of rotatable bonds is 6. The van der Waals surface area contributed by atoms with E-state index in [1.54, 1.807) is 0 Å². The Morgan fingerprint density at radius 2 is 1.66 bits per heavy atom. The van der Waals surface area contributed by atoms with Crippen LogP contribution in [0.4, 0.5) is 0 Å². The van der Waals surface area contributed by atoms with Crippen LogP contribution in [-0.2, 0) is 13.2 Å². The lowest BCUT2D eigenvalue weighted by molar-refractivity contribution is 0.0628. The fraction of sp³-hybridized carbons (Fsp3) is 0.269. The van der Waals surface area contributed by atoms with Gasteiger partial charge < -0.3 is 9.64 Å². The van der Waals surface area contributed by atoms with Crippen LogP contribution in [0, 0.1) is 6.92 Å². The molecular formula is C26H26Cl2N2O2. The van der Waals surface area contributed by atoms with Gasteiger partial charge in [0, 0.05) is 43.3 Å². The molecule has 3 aromatic carbocycles. The second-order valence-electron chi connectivity index (χ2n) is 8.12. The molecule has 1 aliphatic heterocycles. The third kappa shape index (κ3) is 5.83. The molecule has 3 aromatic rings. The topological polar surface area (TPSA) is 32.8 Å². The van der Waals surface area contributed by atoms with Crippen molar-refractivity contribution in [2.45, 2.75) is 20.1 Å². The molecule has 0 atom stereocenters. The summed E-state index contributed by atoms with van der Waals surface area (Å²) in [6.07, 6.45) is 0. The Hall–Kier alpha value is -2.53. The molecule has 1 saturated heterocycles. The van der Waals surface area contributed by atoms with Crippen molar-refractivity contribution in [3.05, 3.63) is 99.0 Å². The molecule has 0 saturated carbocycles. The highest BCUT2D eigenvalue weighted by atomic mass is 35.5. The largest absolute Gasteiger partial charge is 0.487 e. The molecule has 0 aliphatic carbocycles. The average molecular weight is 469 g/mol. The Balaban J connectivity index is 1.33. The second-order valence-corrected chi connectivity index (χ2v) is 8.96. The fourth-order valence-electron chi connectivity index (χ4n) is 3.86. The number of carbonyl (C=O) groups excluding carboxylic acids is 1. The predicted octanol–water partition coefficient (Wildman–Crippen LogP) is 5.84. The van der Waals surface area contributed by atoms with Crippen LogP contribution in [0.1, 0.15) is 27.0 Å². The third-order valence-electron chi connectivity index (χ3n) is 5.61. The van der Waals surface area contributed by atoms with E-state index in [2.05, 4.69) is 11.0 Å². The van der Waals surface area contributed by atoms with Crippen molar-refractivity contribution >= 4 is 29.1 Å². The van der Waals surface area contributed by atoms with E-state index in [0.29, 0.717) is 36.0 Å². The molecular weight excluding hydrogens is 443 g/mol. The molecule has 0 aromatic heterocycles. The Morgan fingerprint density at radius 1 is 0.906 bits per heavy atom. The number of aryl methyl sites for hydroxylation is 1. The van der Waals surface area contributed by atoms with Crippen LogP contribution in [0.3, 0.4) is 0 Å². The van der Waals surface area contributed by atoms with Crippen molar-refractivity contribution in [2.24, 2.45) is 0 Å². The van der Waals surface area contributed by atoms with Gasteiger partial charge in [-0.15, -0.1) is 0 Å². The number of carbonyl (C=O) groups is 1. The first-order valence-electron chi connectivity index (χ1n) is 10.7. The molecule has 1 heterocycles. The Morgan fingerprint density at radius 3 is 2.44 bits per heavy atom. The molecule has 0 N–H and O–H groups in total. The summed E-state index contributed by atoms with van der Waals surface area (Å²) in [6, 6.07) is 21.3. The fourth-order valence-corrected chi connectivity index (χ4v) is 4.25. The van der Waals surface area contributed by atoms with E-state index in [9.17, 15) is 4.79 Å². The minimum atomic E-state index is 0.0582. The first-order chi connectivity index (χ1) is 15.5. The van der Waals surface area contributed by atoms with Crippen molar-refractivity contribution in [2.75, 3.05) is 26.2 Å². The van der Waals surface area contributed by atoms with Crippen LogP contribution in [0.2, 0.25) is 10.0 Å². The summed E-state index contributed by atoms with van der Waals surface area (Å²) in [4.78, 5) is 17.3. The highest BCUT2D eigenvalue weighted by Gasteiger charge is 2.22. The van der Waals surface area contributed by atoms with E-state index in [4.69, 9.17) is 27.9 Å². The summed E-state index contributed by atoms with van der Waals surface area (Å²) in [6.45, 7) is 6.30. The summed E-state index contributed by atoms with van der Waals surface area (Å²) in [5, 5.41) is 1.34. The van der Waals surface area contributed by atoms with Gasteiger partial charge in [0.1, 0.15) is 12.4 Å². The van der Waals surface area contributed by atoms with Gasteiger partial charge >= 0.3 is 0 Å². The molecule has 1 aliphatic rings. The number of hydrogen-bond donors (Lipinski definition) is 0. The smallest absolute Gasteiger partial charge is 0.253 e. The van der Waals surface area contributed by atoms with Crippen molar-refractivity contribution in [1.29, 1.82) is 0 Å². The number of piperazine rings is 1. The summed E-state index contributed by atoms with van der Waals surface area (Å²) in [7, 11) is 0. The second kappa shape index (κ2) is 10.4. The van der Waals surface area contributed by atoms with Crippen LogP contribution in [0.25, 0.3) is 0 Å². The molecule has 1 amide bonds. The molecule has 6 heteroatoms. The van der Waals surface area contributed by atoms with Gasteiger partial charge in [0.15, 0.2) is 0 Å². The van der Waals surface area contributed by atoms with Crippen LogP contribution in [0.15, 0.2) is 66.7 Å². The van der Waals surface area contributed by atoms with Crippen molar-refractivity contribution < 1.29 is 9.53 Å². The zero-order valence-electron chi connectivity index (χ0n) is 18.1. The molecule has 32 heavy (non-hydrogen) atoms. The van der Waals surface area contributed by atoms with Crippen LogP contribution in [0.5, 0.6) is 5.75 Å². The average Bonchev–Trinajstić information content (AvgIpc) is 2.80. The van der Waals surface area contributed by atoms with Crippen molar-refractivity contribution in [1.82, 2.24) is 9.80 Å². The summed E-state index contributed by atoms with van der Waals surface area (Å²) in [5.41, 5.74) is 3.90. The number of benzene rings is 3. The number of halogens is 2. The quantitative estimate of drug-likeness (QED) is 0.455. The van der Waals surface area contributed by atoms with Gasteiger partial charge in [0.25, 0.3) is 5.91 Å². The van der Waals surface area contributed by atoms with Crippen molar-refractivity contribution in [3.63, 3.8) is 0 Å². The van der Waals surface area contributed by atoms with E-state index >= 15 is 0 Å². The number of amides is 1. The number of nitrogens with zero attached hydrogens (tertiary/aromatic N) is 2. The number of ether oxygens (including phenoxy) is 1. The predicted molar refractivity (Wildman–Crippen MR) is 130 cm³/mol. The molecule has 1 fully saturated rings. The monoisotopic (exact) mass is 468 g/mol. The van der Waals surface area contributed by atoms with E-state index in [1.807, 2.05) is 72.5 Å². The normalized spacial score (nSPS) is 14.4.